The van der Waals surface area contributed by atoms with Gasteiger partial charge in [0.1, 0.15) is 17.2 Å². The molecule has 0 saturated heterocycles. The Morgan fingerprint density at radius 3 is 2.32 bits per heavy atom. The zero-order valence-corrected chi connectivity index (χ0v) is 20.1. The lowest BCUT2D eigenvalue weighted by atomic mass is 9.73. The molecule has 2 aliphatic rings. The van der Waals surface area contributed by atoms with Crippen molar-refractivity contribution in [1.82, 2.24) is 0 Å². The fourth-order valence-electron chi connectivity index (χ4n) is 4.91. The first-order valence-electron chi connectivity index (χ1n) is 11.6. The minimum atomic E-state index is -0.232. The molecule has 0 aromatic heterocycles. The molecule has 1 aliphatic heterocycles. The Hall–Kier alpha value is -3.73. The first kappa shape index (κ1) is 22.1. The first-order valence-corrected chi connectivity index (χ1v) is 11.6. The lowest BCUT2D eigenvalue weighted by Gasteiger charge is -2.34. The van der Waals surface area contributed by atoms with E-state index in [1.807, 2.05) is 54.6 Å². The highest BCUT2D eigenvalue weighted by molar-refractivity contribution is 6.01. The molecular weight excluding hydrogens is 424 g/mol. The summed E-state index contributed by atoms with van der Waals surface area (Å²) in [5, 5.41) is 7.27. The maximum atomic E-state index is 13.4. The first-order chi connectivity index (χ1) is 16.3. The number of anilines is 2. The molecule has 1 aliphatic carbocycles. The smallest absolute Gasteiger partial charge is 0.163 e. The summed E-state index contributed by atoms with van der Waals surface area (Å²) in [6, 6.07) is 21.5. The van der Waals surface area contributed by atoms with E-state index in [1.54, 1.807) is 7.11 Å². The number of fused-ring (bicyclic) bond motifs is 1. The molecule has 5 nitrogen and oxygen atoms in total. The summed E-state index contributed by atoms with van der Waals surface area (Å²) in [6.07, 6.45) is 1.36. The lowest BCUT2D eigenvalue weighted by molar-refractivity contribution is -0.118. The molecule has 2 N–H and O–H groups in total. The van der Waals surface area contributed by atoms with E-state index in [0.29, 0.717) is 12.2 Å². The van der Waals surface area contributed by atoms with Crippen LogP contribution < -0.4 is 20.1 Å². The number of carbonyl (C=O) groups excluding carboxylic acids is 1. The second-order valence-corrected chi connectivity index (χ2v) is 9.88. The molecule has 0 amide bonds. The van der Waals surface area contributed by atoms with Crippen molar-refractivity contribution in [2.24, 2.45) is 5.41 Å². The Morgan fingerprint density at radius 1 is 0.882 bits per heavy atom. The van der Waals surface area contributed by atoms with Crippen molar-refractivity contribution in [1.29, 1.82) is 0 Å². The molecule has 3 aromatic carbocycles. The Labute approximate surface area is 200 Å². The summed E-state index contributed by atoms with van der Waals surface area (Å²) >= 11 is 0. The molecule has 0 bridgehead atoms. The Morgan fingerprint density at radius 2 is 1.59 bits per heavy atom. The quantitative estimate of drug-likeness (QED) is 0.444. The third kappa shape index (κ3) is 4.26. The van der Waals surface area contributed by atoms with E-state index >= 15 is 0 Å². The van der Waals surface area contributed by atoms with Gasteiger partial charge in [-0.05, 0) is 66.3 Å². The molecule has 1 unspecified atom stereocenters. The van der Waals surface area contributed by atoms with E-state index in [0.717, 1.165) is 51.7 Å². The lowest BCUT2D eigenvalue weighted by Crippen LogP contribution is -2.31. The van der Waals surface area contributed by atoms with Crippen LogP contribution in [0.5, 0.6) is 17.2 Å². The normalized spacial score (nSPS) is 18.7. The molecule has 34 heavy (non-hydrogen) atoms. The van der Waals surface area contributed by atoms with Crippen molar-refractivity contribution in [2.75, 3.05) is 17.7 Å². The zero-order chi connectivity index (χ0) is 23.9. The van der Waals surface area contributed by atoms with Gasteiger partial charge < -0.3 is 20.1 Å². The van der Waals surface area contributed by atoms with Crippen LogP contribution in [-0.2, 0) is 4.79 Å². The molecule has 0 fully saturated rings. The monoisotopic (exact) mass is 454 g/mol. The number of rotatable bonds is 4. The van der Waals surface area contributed by atoms with Gasteiger partial charge in [0.2, 0.25) is 0 Å². The van der Waals surface area contributed by atoms with Gasteiger partial charge >= 0.3 is 0 Å². The second kappa shape index (κ2) is 8.56. The summed E-state index contributed by atoms with van der Waals surface area (Å²) in [6.45, 7) is 6.41. The van der Waals surface area contributed by atoms with Crippen LogP contribution >= 0.6 is 0 Å². The highest BCUT2D eigenvalue weighted by Gasteiger charge is 2.39. The van der Waals surface area contributed by atoms with Gasteiger partial charge in [-0.25, -0.2) is 0 Å². The third-order valence-corrected chi connectivity index (χ3v) is 6.58. The van der Waals surface area contributed by atoms with Crippen LogP contribution in [-0.4, -0.2) is 12.9 Å². The number of allylic oxidation sites excluding steroid dienone is 1. The maximum Gasteiger partial charge on any atom is 0.163 e. The zero-order valence-electron chi connectivity index (χ0n) is 20.1. The average Bonchev–Trinajstić information content (AvgIpc) is 2.95. The number of benzene rings is 3. The number of hydrogen-bond donors (Lipinski definition) is 2. The topological polar surface area (TPSA) is 59.6 Å². The largest absolute Gasteiger partial charge is 0.497 e. The molecule has 0 spiro atoms. The van der Waals surface area contributed by atoms with Crippen molar-refractivity contribution in [3.8, 4) is 17.2 Å². The Balaban J connectivity index is 1.55. The van der Waals surface area contributed by atoms with Crippen molar-refractivity contribution in [2.45, 2.75) is 39.7 Å². The summed E-state index contributed by atoms with van der Waals surface area (Å²) < 4.78 is 11.4. The average molecular weight is 455 g/mol. The molecule has 1 atom stereocenters. The van der Waals surface area contributed by atoms with Crippen LogP contribution in [0.15, 0.2) is 78.0 Å². The number of ketones is 1. The van der Waals surface area contributed by atoms with E-state index in [-0.39, 0.29) is 17.2 Å². The fourth-order valence-corrected chi connectivity index (χ4v) is 4.91. The number of nitrogens with one attached hydrogen (secondary N) is 2. The molecule has 1 heterocycles. The maximum absolute atomic E-state index is 13.4. The van der Waals surface area contributed by atoms with E-state index in [4.69, 9.17) is 9.47 Å². The van der Waals surface area contributed by atoms with Crippen LogP contribution in [0.2, 0.25) is 0 Å². The van der Waals surface area contributed by atoms with Crippen molar-refractivity contribution in [3.63, 3.8) is 0 Å². The number of carbonyl (C=O) groups is 1. The second-order valence-electron chi connectivity index (χ2n) is 9.88. The standard InChI is InChI=1S/C29H30N2O3/c1-18-7-5-6-8-22(18)28-27-25(16-29(2,3)17-26(27)32)30-23-14-13-21(15-24(23)31-28)34-20-11-9-19(33-4)10-12-20/h5-15,28,30-31H,16-17H2,1-4H3. The Kier molecular flexibility index (Phi) is 5.56. The SMILES string of the molecule is COc1ccc(Oc2ccc3c(c2)NC(c2ccccc2C)C2=C(CC(C)(C)CC2=O)N3)cc1. The van der Waals surface area contributed by atoms with Gasteiger partial charge in [0.25, 0.3) is 0 Å². The van der Waals surface area contributed by atoms with Crippen LogP contribution in [0, 0.1) is 12.3 Å². The number of Topliss-reactive ketones (excluding diaryl/α,β-unsaturated/α-hetero) is 1. The Bertz CT molecular complexity index is 1270. The van der Waals surface area contributed by atoms with E-state index in [9.17, 15) is 4.79 Å². The molecular formula is C29H30N2O3. The molecule has 5 rings (SSSR count). The van der Waals surface area contributed by atoms with Crippen LogP contribution in [0.4, 0.5) is 11.4 Å². The van der Waals surface area contributed by atoms with Crippen LogP contribution in [0.3, 0.4) is 0 Å². The predicted molar refractivity (Wildman–Crippen MR) is 136 cm³/mol. The van der Waals surface area contributed by atoms with E-state index in [1.165, 1.54) is 0 Å². The molecule has 3 aromatic rings. The molecule has 5 heteroatoms. The number of ether oxygens (including phenoxy) is 2. The fraction of sp³-hybridized carbons (Fsp3) is 0.276. The summed E-state index contributed by atoms with van der Waals surface area (Å²) in [4.78, 5) is 13.4. The van der Waals surface area contributed by atoms with Crippen LogP contribution in [0.1, 0.15) is 43.9 Å². The number of aryl methyl sites for hydroxylation is 1. The van der Waals surface area contributed by atoms with Crippen LogP contribution in [0.25, 0.3) is 0 Å². The van der Waals surface area contributed by atoms with Gasteiger partial charge in [0, 0.05) is 23.8 Å². The van der Waals surface area contributed by atoms with E-state index in [2.05, 4.69) is 43.5 Å². The number of hydrogen-bond acceptors (Lipinski definition) is 5. The van der Waals surface area contributed by atoms with Gasteiger partial charge in [0.15, 0.2) is 5.78 Å². The summed E-state index contributed by atoms with van der Waals surface area (Å²) in [5.74, 6) is 2.42. The third-order valence-electron chi connectivity index (χ3n) is 6.58. The van der Waals surface area contributed by atoms with Gasteiger partial charge in [-0.1, -0.05) is 38.1 Å². The minimum Gasteiger partial charge on any atom is -0.497 e. The highest BCUT2D eigenvalue weighted by atomic mass is 16.5. The van der Waals surface area contributed by atoms with Gasteiger partial charge in [-0.15, -0.1) is 0 Å². The van der Waals surface area contributed by atoms with Crippen molar-refractivity contribution < 1.29 is 14.3 Å². The van der Waals surface area contributed by atoms with Gasteiger partial charge in [0.05, 0.1) is 24.5 Å². The molecule has 0 saturated carbocycles. The van der Waals surface area contributed by atoms with E-state index < -0.39 is 0 Å². The van der Waals surface area contributed by atoms with Gasteiger partial charge in [-0.3, -0.25) is 4.79 Å². The summed E-state index contributed by atoms with van der Waals surface area (Å²) in [7, 11) is 1.64. The minimum absolute atomic E-state index is 0.0822. The molecule has 0 radical (unpaired) electrons. The summed E-state index contributed by atoms with van der Waals surface area (Å²) in [5.41, 5.74) is 5.86. The molecule has 174 valence electrons. The predicted octanol–water partition coefficient (Wildman–Crippen LogP) is 7.02. The van der Waals surface area contributed by atoms with Gasteiger partial charge in [-0.2, -0.15) is 0 Å². The van der Waals surface area contributed by atoms with Crippen molar-refractivity contribution in [3.05, 3.63) is 89.1 Å². The number of methoxy groups -OCH3 is 1. The highest BCUT2D eigenvalue weighted by Crippen LogP contribution is 2.46. The van der Waals surface area contributed by atoms with Crippen molar-refractivity contribution >= 4 is 17.2 Å².